The molecule has 1 aromatic carbocycles. The van der Waals surface area contributed by atoms with E-state index in [0.717, 1.165) is 5.56 Å². The second-order valence-corrected chi connectivity index (χ2v) is 6.45. The Morgan fingerprint density at radius 1 is 1.29 bits per heavy atom. The molecular formula is C14H18N2O4S. The van der Waals surface area contributed by atoms with Gasteiger partial charge in [-0.15, -0.1) is 0 Å². The standard InChI is InChI=1S/C14H18N2O4S/c1-10-7-14(11(2)6-13(10)19-3)21(17,18)16-5-4-12-8-20-9-15-12/h6-9,16H,4-5H2,1-3H3. The molecule has 1 N–H and O–H groups in total. The summed E-state index contributed by atoms with van der Waals surface area (Å²) < 4.78 is 37.3. The first-order chi connectivity index (χ1) is 9.94. The molecule has 114 valence electrons. The summed E-state index contributed by atoms with van der Waals surface area (Å²) in [6.45, 7) is 3.82. The van der Waals surface area contributed by atoms with E-state index < -0.39 is 10.0 Å². The van der Waals surface area contributed by atoms with Crippen molar-refractivity contribution < 1.29 is 17.6 Å². The van der Waals surface area contributed by atoms with Gasteiger partial charge in [-0.2, -0.15) is 0 Å². The van der Waals surface area contributed by atoms with Crippen molar-refractivity contribution in [3.05, 3.63) is 41.6 Å². The SMILES string of the molecule is COc1cc(C)c(S(=O)(=O)NCCc2cocn2)cc1C. The van der Waals surface area contributed by atoms with Crippen LogP contribution in [0.25, 0.3) is 0 Å². The van der Waals surface area contributed by atoms with Gasteiger partial charge in [-0.05, 0) is 37.1 Å². The highest BCUT2D eigenvalue weighted by atomic mass is 32.2. The Kier molecular flexibility index (Phi) is 4.64. The van der Waals surface area contributed by atoms with Crippen LogP contribution in [0.4, 0.5) is 0 Å². The summed E-state index contributed by atoms with van der Waals surface area (Å²) in [5.74, 6) is 0.675. The molecule has 2 rings (SSSR count). The van der Waals surface area contributed by atoms with Gasteiger partial charge in [0.1, 0.15) is 12.0 Å². The quantitative estimate of drug-likeness (QED) is 0.880. The molecule has 0 aliphatic rings. The summed E-state index contributed by atoms with van der Waals surface area (Å²) in [6, 6.07) is 3.34. The molecule has 0 fully saturated rings. The molecule has 0 bridgehead atoms. The van der Waals surface area contributed by atoms with Gasteiger partial charge >= 0.3 is 0 Å². The Morgan fingerprint density at radius 3 is 2.67 bits per heavy atom. The van der Waals surface area contributed by atoms with Crippen molar-refractivity contribution in [2.45, 2.75) is 25.2 Å². The van der Waals surface area contributed by atoms with Crippen molar-refractivity contribution in [3.8, 4) is 5.75 Å². The number of benzene rings is 1. The lowest BCUT2D eigenvalue weighted by Crippen LogP contribution is -2.26. The van der Waals surface area contributed by atoms with Crippen LogP contribution in [0.2, 0.25) is 0 Å². The minimum atomic E-state index is -3.56. The molecule has 0 amide bonds. The average molecular weight is 310 g/mol. The maximum Gasteiger partial charge on any atom is 0.240 e. The van der Waals surface area contributed by atoms with Crippen LogP contribution in [0, 0.1) is 13.8 Å². The molecule has 1 heterocycles. The molecule has 7 heteroatoms. The predicted molar refractivity (Wildman–Crippen MR) is 77.9 cm³/mol. The molecule has 0 radical (unpaired) electrons. The van der Waals surface area contributed by atoms with Gasteiger partial charge in [-0.1, -0.05) is 0 Å². The van der Waals surface area contributed by atoms with E-state index in [9.17, 15) is 8.42 Å². The van der Waals surface area contributed by atoms with E-state index in [-0.39, 0.29) is 11.4 Å². The summed E-state index contributed by atoms with van der Waals surface area (Å²) >= 11 is 0. The highest BCUT2D eigenvalue weighted by Crippen LogP contribution is 2.25. The zero-order valence-electron chi connectivity index (χ0n) is 12.2. The van der Waals surface area contributed by atoms with Crippen molar-refractivity contribution in [1.29, 1.82) is 0 Å². The fraction of sp³-hybridized carbons (Fsp3) is 0.357. The van der Waals surface area contributed by atoms with Crippen LogP contribution in [0.5, 0.6) is 5.75 Å². The number of aryl methyl sites for hydroxylation is 2. The topological polar surface area (TPSA) is 81.4 Å². The van der Waals surface area contributed by atoms with Crippen LogP contribution in [0.3, 0.4) is 0 Å². The molecule has 1 aromatic heterocycles. The van der Waals surface area contributed by atoms with Crippen molar-refractivity contribution in [1.82, 2.24) is 9.71 Å². The molecule has 0 spiro atoms. The van der Waals surface area contributed by atoms with Gasteiger partial charge < -0.3 is 9.15 Å². The van der Waals surface area contributed by atoms with Crippen LogP contribution in [0.1, 0.15) is 16.8 Å². The second kappa shape index (κ2) is 6.28. The van der Waals surface area contributed by atoms with Crippen molar-refractivity contribution >= 4 is 10.0 Å². The maximum atomic E-state index is 12.3. The predicted octanol–water partition coefficient (Wildman–Crippen LogP) is 1.82. The first-order valence-electron chi connectivity index (χ1n) is 6.46. The van der Waals surface area contributed by atoms with E-state index in [2.05, 4.69) is 9.71 Å². The maximum absolute atomic E-state index is 12.3. The van der Waals surface area contributed by atoms with Crippen LogP contribution < -0.4 is 9.46 Å². The van der Waals surface area contributed by atoms with Crippen LogP contribution in [-0.2, 0) is 16.4 Å². The van der Waals surface area contributed by atoms with Crippen LogP contribution in [-0.4, -0.2) is 27.1 Å². The molecule has 0 aliphatic carbocycles. The third-order valence-electron chi connectivity index (χ3n) is 3.14. The molecule has 0 saturated heterocycles. The van der Waals surface area contributed by atoms with Gasteiger partial charge in [-0.3, -0.25) is 0 Å². The van der Waals surface area contributed by atoms with Crippen LogP contribution in [0.15, 0.2) is 34.1 Å². The largest absolute Gasteiger partial charge is 0.496 e. The van der Waals surface area contributed by atoms with Gasteiger partial charge in [0.2, 0.25) is 10.0 Å². The normalized spacial score (nSPS) is 11.6. The number of sulfonamides is 1. The molecule has 2 aromatic rings. The Labute approximate surface area is 124 Å². The average Bonchev–Trinajstić information content (AvgIpc) is 2.93. The fourth-order valence-electron chi connectivity index (χ4n) is 2.02. The zero-order chi connectivity index (χ0) is 15.5. The number of oxazole rings is 1. The number of methoxy groups -OCH3 is 1. The Hall–Kier alpha value is -1.86. The summed E-state index contributed by atoms with van der Waals surface area (Å²) in [5, 5.41) is 0. The molecule has 0 unspecified atom stereocenters. The highest BCUT2D eigenvalue weighted by Gasteiger charge is 2.18. The van der Waals surface area contributed by atoms with Gasteiger partial charge in [0, 0.05) is 13.0 Å². The Morgan fingerprint density at radius 2 is 2.05 bits per heavy atom. The van der Waals surface area contributed by atoms with Crippen molar-refractivity contribution in [2.24, 2.45) is 0 Å². The van der Waals surface area contributed by atoms with E-state index in [1.54, 1.807) is 26.2 Å². The van der Waals surface area contributed by atoms with Gasteiger partial charge in [-0.25, -0.2) is 18.1 Å². The minimum absolute atomic E-state index is 0.263. The Balaban J connectivity index is 2.14. The van der Waals surface area contributed by atoms with Crippen LogP contribution >= 0.6 is 0 Å². The zero-order valence-corrected chi connectivity index (χ0v) is 13.0. The molecule has 0 saturated carbocycles. The monoisotopic (exact) mass is 310 g/mol. The number of hydrogen-bond acceptors (Lipinski definition) is 5. The number of ether oxygens (including phenoxy) is 1. The van der Waals surface area contributed by atoms with Crippen molar-refractivity contribution in [2.75, 3.05) is 13.7 Å². The summed E-state index contributed by atoms with van der Waals surface area (Å²) in [6.07, 6.45) is 3.29. The smallest absolute Gasteiger partial charge is 0.240 e. The summed E-state index contributed by atoms with van der Waals surface area (Å²) in [4.78, 5) is 4.21. The summed E-state index contributed by atoms with van der Waals surface area (Å²) in [7, 11) is -1.99. The van der Waals surface area contributed by atoms with E-state index in [4.69, 9.17) is 9.15 Å². The van der Waals surface area contributed by atoms with Crippen molar-refractivity contribution in [3.63, 3.8) is 0 Å². The number of rotatable bonds is 6. The number of nitrogens with one attached hydrogen (secondary N) is 1. The van der Waals surface area contributed by atoms with Gasteiger partial charge in [0.15, 0.2) is 6.39 Å². The van der Waals surface area contributed by atoms with E-state index in [0.29, 0.717) is 23.4 Å². The van der Waals surface area contributed by atoms with Gasteiger partial charge in [0.25, 0.3) is 0 Å². The number of aromatic nitrogens is 1. The number of hydrogen-bond donors (Lipinski definition) is 1. The van der Waals surface area contributed by atoms with E-state index in [1.165, 1.54) is 12.7 Å². The second-order valence-electron chi connectivity index (χ2n) is 4.71. The molecule has 21 heavy (non-hydrogen) atoms. The lowest BCUT2D eigenvalue weighted by Gasteiger charge is -2.12. The molecule has 6 nitrogen and oxygen atoms in total. The van der Waals surface area contributed by atoms with Gasteiger partial charge in [0.05, 0.1) is 17.7 Å². The highest BCUT2D eigenvalue weighted by molar-refractivity contribution is 7.89. The molecule has 0 atom stereocenters. The van der Waals surface area contributed by atoms with E-state index in [1.807, 2.05) is 6.92 Å². The first kappa shape index (κ1) is 15.5. The molecule has 0 aliphatic heterocycles. The summed E-state index contributed by atoms with van der Waals surface area (Å²) in [5.41, 5.74) is 2.13. The lowest BCUT2D eigenvalue weighted by atomic mass is 10.1. The third kappa shape index (κ3) is 3.62. The molecular weight excluding hydrogens is 292 g/mol. The van der Waals surface area contributed by atoms with E-state index >= 15 is 0 Å². The third-order valence-corrected chi connectivity index (χ3v) is 4.74. The Bertz CT molecular complexity index is 709. The number of nitrogens with zero attached hydrogens (tertiary/aromatic N) is 1. The fourth-order valence-corrected chi connectivity index (χ4v) is 3.37. The first-order valence-corrected chi connectivity index (χ1v) is 7.94. The lowest BCUT2D eigenvalue weighted by molar-refractivity contribution is 0.411. The minimum Gasteiger partial charge on any atom is -0.496 e.